The molecule has 0 aliphatic heterocycles. The number of nitrogens with zero attached hydrogens (tertiary/aromatic N) is 2. The quantitative estimate of drug-likeness (QED) is 0.519. The average molecular weight is 322 g/mol. The predicted octanol–water partition coefficient (Wildman–Crippen LogP) is 4.28. The standard InChI is InChI=1S/C19H18N2OS/c1-14-18(13-21(2)20-14)19(22)11-10-16-8-9-17(23-16)12-15-6-4-3-5-7-15/h3-11,13H,12H2,1-2H3/b11-10+. The van der Waals surface area contributed by atoms with Gasteiger partial charge in [-0.25, -0.2) is 0 Å². The summed E-state index contributed by atoms with van der Waals surface area (Å²) in [5.41, 5.74) is 2.72. The van der Waals surface area contributed by atoms with Crippen LogP contribution in [0, 0.1) is 6.92 Å². The van der Waals surface area contributed by atoms with Crippen LogP contribution in [0.3, 0.4) is 0 Å². The molecule has 4 heteroatoms. The van der Waals surface area contributed by atoms with Crippen LogP contribution in [-0.2, 0) is 13.5 Å². The van der Waals surface area contributed by atoms with Crippen molar-refractivity contribution >= 4 is 23.2 Å². The van der Waals surface area contributed by atoms with Gasteiger partial charge in [0.05, 0.1) is 11.3 Å². The van der Waals surface area contributed by atoms with Gasteiger partial charge >= 0.3 is 0 Å². The molecular weight excluding hydrogens is 304 g/mol. The third-order valence-corrected chi connectivity index (χ3v) is 4.63. The van der Waals surface area contributed by atoms with Crippen molar-refractivity contribution in [2.24, 2.45) is 7.05 Å². The van der Waals surface area contributed by atoms with Crippen LogP contribution in [0.25, 0.3) is 6.08 Å². The summed E-state index contributed by atoms with van der Waals surface area (Å²) >= 11 is 1.71. The summed E-state index contributed by atoms with van der Waals surface area (Å²) in [5.74, 6) is -0.00592. The van der Waals surface area contributed by atoms with E-state index in [2.05, 4.69) is 41.5 Å². The van der Waals surface area contributed by atoms with Crippen molar-refractivity contribution in [3.8, 4) is 0 Å². The first kappa shape index (κ1) is 15.4. The van der Waals surface area contributed by atoms with E-state index >= 15 is 0 Å². The number of allylic oxidation sites excluding steroid dienone is 1. The predicted molar refractivity (Wildman–Crippen MR) is 94.9 cm³/mol. The molecular formula is C19H18N2OS. The molecule has 0 N–H and O–H groups in total. The minimum absolute atomic E-state index is 0.00592. The normalized spacial score (nSPS) is 11.2. The molecule has 1 aromatic carbocycles. The highest BCUT2D eigenvalue weighted by atomic mass is 32.1. The van der Waals surface area contributed by atoms with Gasteiger partial charge in [-0.3, -0.25) is 9.48 Å². The van der Waals surface area contributed by atoms with Crippen LogP contribution in [0.5, 0.6) is 0 Å². The second-order valence-corrected chi connectivity index (χ2v) is 6.67. The number of thiophene rings is 1. The highest BCUT2D eigenvalue weighted by Gasteiger charge is 2.09. The Labute approximate surface area is 139 Å². The number of carbonyl (C=O) groups is 1. The Hall–Kier alpha value is -2.46. The van der Waals surface area contributed by atoms with Crippen molar-refractivity contribution in [1.29, 1.82) is 0 Å². The number of ketones is 1. The molecule has 0 saturated carbocycles. The van der Waals surface area contributed by atoms with E-state index in [0.717, 1.165) is 17.0 Å². The summed E-state index contributed by atoms with van der Waals surface area (Å²) in [7, 11) is 1.82. The number of benzene rings is 1. The van der Waals surface area contributed by atoms with E-state index in [4.69, 9.17) is 0 Å². The molecule has 3 nitrogen and oxygen atoms in total. The van der Waals surface area contributed by atoms with Crippen molar-refractivity contribution in [3.05, 3.63) is 81.3 Å². The Morgan fingerprint density at radius 2 is 2.00 bits per heavy atom. The molecule has 2 heterocycles. The minimum atomic E-state index is -0.00592. The molecule has 116 valence electrons. The summed E-state index contributed by atoms with van der Waals surface area (Å²) in [5, 5.41) is 4.20. The largest absolute Gasteiger partial charge is 0.289 e. The zero-order chi connectivity index (χ0) is 16.2. The van der Waals surface area contributed by atoms with Crippen LogP contribution in [0.1, 0.15) is 31.4 Å². The number of aryl methyl sites for hydroxylation is 2. The molecule has 3 rings (SSSR count). The molecule has 3 aromatic rings. The first-order chi connectivity index (χ1) is 11.1. The molecule has 0 fully saturated rings. The maximum absolute atomic E-state index is 12.2. The highest BCUT2D eigenvalue weighted by Crippen LogP contribution is 2.21. The van der Waals surface area contributed by atoms with Gasteiger partial charge < -0.3 is 0 Å². The fourth-order valence-corrected chi connectivity index (χ4v) is 3.42. The van der Waals surface area contributed by atoms with Crippen LogP contribution in [0.4, 0.5) is 0 Å². The SMILES string of the molecule is Cc1nn(C)cc1C(=O)/C=C/c1ccc(Cc2ccccc2)s1. The molecule has 23 heavy (non-hydrogen) atoms. The van der Waals surface area contributed by atoms with E-state index in [1.807, 2.05) is 26.1 Å². The first-order valence-electron chi connectivity index (χ1n) is 7.47. The average Bonchev–Trinajstić information content (AvgIpc) is 3.12. The van der Waals surface area contributed by atoms with Crippen LogP contribution in [0.15, 0.2) is 54.7 Å². The van der Waals surface area contributed by atoms with Crippen molar-refractivity contribution in [2.75, 3.05) is 0 Å². The molecule has 0 spiro atoms. The number of hydrogen-bond donors (Lipinski definition) is 0. The zero-order valence-electron chi connectivity index (χ0n) is 13.2. The maximum Gasteiger partial charge on any atom is 0.189 e. The summed E-state index contributed by atoms with van der Waals surface area (Å²) in [4.78, 5) is 14.6. The second-order valence-electron chi connectivity index (χ2n) is 5.47. The molecule has 0 bridgehead atoms. The topological polar surface area (TPSA) is 34.9 Å². The summed E-state index contributed by atoms with van der Waals surface area (Å²) in [6, 6.07) is 14.6. The van der Waals surface area contributed by atoms with Crippen molar-refractivity contribution < 1.29 is 4.79 Å². The number of aromatic nitrogens is 2. The molecule has 0 saturated heterocycles. The molecule has 0 aliphatic rings. The van der Waals surface area contributed by atoms with Gasteiger partial charge in [0.25, 0.3) is 0 Å². The fraction of sp³-hybridized carbons (Fsp3) is 0.158. The molecule has 0 radical (unpaired) electrons. The summed E-state index contributed by atoms with van der Waals surface area (Å²) < 4.78 is 1.67. The first-order valence-corrected chi connectivity index (χ1v) is 8.29. The van der Waals surface area contributed by atoms with Crippen LogP contribution in [0.2, 0.25) is 0 Å². The Kier molecular flexibility index (Phi) is 4.53. The van der Waals surface area contributed by atoms with E-state index in [0.29, 0.717) is 5.56 Å². The third-order valence-electron chi connectivity index (χ3n) is 3.58. The summed E-state index contributed by atoms with van der Waals surface area (Å²) in [6.07, 6.45) is 6.20. The van der Waals surface area contributed by atoms with Crippen molar-refractivity contribution in [3.63, 3.8) is 0 Å². The van der Waals surface area contributed by atoms with Gasteiger partial charge in [-0.15, -0.1) is 11.3 Å². The molecule has 0 amide bonds. The second kappa shape index (κ2) is 6.75. The number of carbonyl (C=O) groups excluding carboxylic acids is 1. The zero-order valence-corrected chi connectivity index (χ0v) is 14.0. The van der Waals surface area contributed by atoms with Gasteiger partial charge in [-0.1, -0.05) is 30.3 Å². The van der Waals surface area contributed by atoms with E-state index in [9.17, 15) is 4.79 Å². The van der Waals surface area contributed by atoms with Gasteiger partial charge in [-0.05, 0) is 36.8 Å². The van der Waals surface area contributed by atoms with Crippen LogP contribution in [-0.4, -0.2) is 15.6 Å². The van der Waals surface area contributed by atoms with Crippen LogP contribution < -0.4 is 0 Å². The molecule has 0 aliphatic carbocycles. The molecule has 0 unspecified atom stereocenters. The lowest BCUT2D eigenvalue weighted by Crippen LogP contribution is -1.94. The van der Waals surface area contributed by atoms with E-state index in [1.54, 1.807) is 28.3 Å². The van der Waals surface area contributed by atoms with Crippen molar-refractivity contribution in [2.45, 2.75) is 13.3 Å². The third kappa shape index (κ3) is 3.85. The lowest BCUT2D eigenvalue weighted by atomic mass is 10.1. The minimum Gasteiger partial charge on any atom is -0.289 e. The Bertz CT molecular complexity index is 843. The van der Waals surface area contributed by atoms with Gasteiger partial charge in [0.15, 0.2) is 5.78 Å². The maximum atomic E-state index is 12.2. The van der Waals surface area contributed by atoms with E-state index in [-0.39, 0.29) is 5.78 Å². The molecule has 2 aromatic heterocycles. The summed E-state index contributed by atoms with van der Waals surface area (Å²) in [6.45, 7) is 1.85. The Morgan fingerprint density at radius 3 is 2.70 bits per heavy atom. The van der Waals surface area contributed by atoms with E-state index in [1.165, 1.54) is 10.4 Å². The number of hydrogen-bond acceptors (Lipinski definition) is 3. The van der Waals surface area contributed by atoms with Gasteiger partial charge in [0.2, 0.25) is 0 Å². The van der Waals surface area contributed by atoms with Gasteiger partial charge in [-0.2, -0.15) is 5.10 Å². The lowest BCUT2D eigenvalue weighted by Gasteiger charge is -1.96. The lowest BCUT2D eigenvalue weighted by molar-refractivity contribution is 0.104. The van der Waals surface area contributed by atoms with Crippen LogP contribution >= 0.6 is 11.3 Å². The number of rotatable bonds is 5. The molecule has 0 atom stereocenters. The van der Waals surface area contributed by atoms with Gasteiger partial charge in [0.1, 0.15) is 0 Å². The highest BCUT2D eigenvalue weighted by molar-refractivity contribution is 7.12. The monoisotopic (exact) mass is 322 g/mol. The van der Waals surface area contributed by atoms with Gasteiger partial charge in [0, 0.05) is 29.4 Å². The van der Waals surface area contributed by atoms with E-state index < -0.39 is 0 Å². The Balaban J connectivity index is 1.69. The van der Waals surface area contributed by atoms with Crippen molar-refractivity contribution in [1.82, 2.24) is 9.78 Å². The smallest absolute Gasteiger partial charge is 0.189 e. The fourth-order valence-electron chi connectivity index (χ4n) is 2.47. The Morgan fingerprint density at radius 1 is 1.22 bits per heavy atom.